The van der Waals surface area contributed by atoms with Crippen molar-refractivity contribution in [2.45, 2.75) is 26.8 Å². The zero-order valence-corrected chi connectivity index (χ0v) is 13.5. The Hall–Kier alpha value is -2.29. The molecule has 0 fully saturated rings. The molecule has 2 aromatic carbocycles. The topological polar surface area (TPSA) is 41.6 Å². The predicted molar refractivity (Wildman–Crippen MR) is 94.4 cm³/mol. The SMILES string of the molecule is CC(C)(C)C1CN(c2ccccc2)C(c2ccccc2N)=N1. The minimum absolute atomic E-state index is 0.123. The Bertz CT molecular complexity index is 683. The fraction of sp³-hybridized carbons (Fsp3) is 0.316. The van der Waals surface area contributed by atoms with Crippen LogP contribution >= 0.6 is 0 Å². The number of amidine groups is 1. The molecule has 3 nitrogen and oxygen atoms in total. The van der Waals surface area contributed by atoms with Crippen molar-refractivity contribution in [3.63, 3.8) is 0 Å². The summed E-state index contributed by atoms with van der Waals surface area (Å²) in [6.45, 7) is 7.60. The molecule has 0 saturated carbocycles. The molecule has 1 aliphatic rings. The number of hydrogen-bond donors (Lipinski definition) is 1. The van der Waals surface area contributed by atoms with Crippen LogP contribution in [0, 0.1) is 5.41 Å². The highest BCUT2D eigenvalue weighted by atomic mass is 15.3. The van der Waals surface area contributed by atoms with E-state index in [1.165, 1.54) is 0 Å². The van der Waals surface area contributed by atoms with Crippen molar-refractivity contribution in [3.05, 3.63) is 60.2 Å². The van der Waals surface area contributed by atoms with Gasteiger partial charge in [0.05, 0.1) is 6.04 Å². The van der Waals surface area contributed by atoms with Crippen LogP contribution in [0.3, 0.4) is 0 Å². The molecule has 1 atom stereocenters. The standard InChI is InChI=1S/C19H23N3/c1-19(2,3)17-13-22(14-9-5-4-6-10-14)18(21-17)15-11-7-8-12-16(15)20/h4-12,17H,13,20H2,1-3H3. The van der Waals surface area contributed by atoms with Crippen LogP contribution in [0.1, 0.15) is 26.3 Å². The molecular formula is C19H23N3. The van der Waals surface area contributed by atoms with Crippen LogP contribution in [0.15, 0.2) is 59.6 Å². The Morgan fingerprint density at radius 3 is 2.27 bits per heavy atom. The highest BCUT2D eigenvalue weighted by molar-refractivity contribution is 6.14. The summed E-state index contributed by atoms with van der Waals surface area (Å²) in [4.78, 5) is 7.29. The maximum atomic E-state index is 6.19. The minimum Gasteiger partial charge on any atom is -0.398 e. The zero-order chi connectivity index (χ0) is 15.7. The molecule has 3 rings (SSSR count). The number of nitrogens with two attached hydrogens (primary N) is 1. The maximum Gasteiger partial charge on any atom is 0.137 e. The summed E-state index contributed by atoms with van der Waals surface area (Å²) < 4.78 is 0. The highest BCUT2D eigenvalue weighted by Gasteiger charge is 2.34. The first-order valence-corrected chi connectivity index (χ1v) is 7.72. The molecule has 0 amide bonds. The van der Waals surface area contributed by atoms with E-state index < -0.39 is 0 Å². The summed E-state index contributed by atoms with van der Waals surface area (Å²) in [7, 11) is 0. The average Bonchev–Trinajstić information content (AvgIpc) is 2.94. The van der Waals surface area contributed by atoms with Gasteiger partial charge in [-0.15, -0.1) is 0 Å². The molecule has 1 aliphatic heterocycles. The number of nitrogen functional groups attached to an aromatic ring is 1. The van der Waals surface area contributed by atoms with Crippen LogP contribution in [0.25, 0.3) is 0 Å². The Labute approximate surface area is 132 Å². The lowest BCUT2D eigenvalue weighted by atomic mass is 9.87. The summed E-state index contributed by atoms with van der Waals surface area (Å²) in [6, 6.07) is 18.6. The van der Waals surface area contributed by atoms with Gasteiger partial charge in [-0.25, -0.2) is 0 Å². The Morgan fingerprint density at radius 1 is 1.00 bits per heavy atom. The van der Waals surface area contributed by atoms with Gasteiger partial charge in [0.15, 0.2) is 0 Å². The molecule has 2 N–H and O–H groups in total. The molecule has 114 valence electrons. The largest absolute Gasteiger partial charge is 0.398 e. The Morgan fingerprint density at radius 2 is 1.64 bits per heavy atom. The van der Waals surface area contributed by atoms with Gasteiger partial charge >= 0.3 is 0 Å². The molecule has 1 unspecified atom stereocenters. The van der Waals surface area contributed by atoms with Crippen LogP contribution in [-0.2, 0) is 0 Å². The smallest absolute Gasteiger partial charge is 0.137 e. The first-order valence-electron chi connectivity index (χ1n) is 7.72. The van der Waals surface area contributed by atoms with Crippen molar-refractivity contribution in [1.29, 1.82) is 0 Å². The van der Waals surface area contributed by atoms with Gasteiger partial charge in [0, 0.05) is 23.5 Å². The van der Waals surface area contributed by atoms with Gasteiger partial charge in [-0.3, -0.25) is 4.99 Å². The number of para-hydroxylation sites is 2. The number of anilines is 2. The maximum absolute atomic E-state index is 6.19. The molecule has 0 radical (unpaired) electrons. The molecule has 0 aromatic heterocycles. The quantitative estimate of drug-likeness (QED) is 0.852. The number of hydrogen-bond acceptors (Lipinski definition) is 3. The Kier molecular flexibility index (Phi) is 3.65. The fourth-order valence-electron chi connectivity index (χ4n) is 2.74. The molecule has 0 saturated heterocycles. The third kappa shape index (κ3) is 2.71. The lowest BCUT2D eigenvalue weighted by Crippen LogP contribution is -2.34. The normalized spacial score (nSPS) is 18.4. The second-order valence-electron chi connectivity index (χ2n) is 6.87. The van der Waals surface area contributed by atoms with Crippen molar-refractivity contribution < 1.29 is 0 Å². The monoisotopic (exact) mass is 293 g/mol. The lowest BCUT2D eigenvalue weighted by Gasteiger charge is -2.26. The van der Waals surface area contributed by atoms with Gasteiger partial charge in [-0.2, -0.15) is 0 Å². The van der Waals surface area contributed by atoms with Crippen molar-refractivity contribution in [2.75, 3.05) is 17.2 Å². The van der Waals surface area contributed by atoms with Crippen molar-refractivity contribution in [2.24, 2.45) is 10.4 Å². The third-order valence-corrected chi connectivity index (χ3v) is 4.16. The van der Waals surface area contributed by atoms with Crippen LogP contribution in [0.2, 0.25) is 0 Å². The Balaban J connectivity index is 2.07. The number of benzene rings is 2. The summed E-state index contributed by atoms with van der Waals surface area (Å²) in [5.41, 5.74) is 9.26. The van der Waals surface area contributed by atoms with Crippen LogP contribution in [-0.4, -0.2) is 18.4 Å². The third-order valence-electron chi connectivity index (χ3n) is 4.16. The average molecular weight is 293 g/mol. The van der Waals surface area contributed by atoms with E-state index in [4.69, 9.17) is 10.7 Å². The van der Waals surface area contributed by atoms with E-state index in [0.29, 0.717) is 0 Å². The highest BCUT2D eigenvalue weighted by Crippen LogP contribution is 2.32. The van der Waals surface area contributed by atoms with Crippen LogP contribution < -0.4 is 10.6 Å². The number of nitrogens with zero attached hydrogens (tertiary/aromatic N) is 2. The molecule has 2 aromatic rings. The first kappa shape index (κ1) is 14.6. The van der Waals surface area contributed by atoms with E-state index in [-0.39, 0.29) is 11.5 Å². The van der Waals surface area contributed by atoms with E-state index in [9.17, 15) is 0 Å². The van der Waals surface area contributed by atoms with Gasteiger partial charge in [0.1, 0.15) is 5.84 Å². The molecule has 0 bridgehead atoms. The van der Waals surface area contributed by atoms with E-state index in [0.717, 1.165) is 29.3 Å². The van der Waals surface area contributed by atoms with E-state index >= 15 is 0 Å². The zero-order valence-electron chi connectivity index (χ0n) is 13.5. The molecule has 0 aliphatic carbocycles. The number of aliphatic imine (C=N–C) groups is 1. The van der Waals surface area contributed by atoms with Gasteiger partial charge in [0.2, 0.25) is 0 Å². The van der Waals surface area contributed by atoms with E-state index in [1.807, 2.05) is 24.3 Å². The van der Waals surface area contributed by atoms with Gasteiger partial charge in [0.25, 0.3) is 0 Å². The molecule has 0 spiro atoms. The lowest BCUT2D eigenvalue weighted by molar-refractivity contribution is 0.337. The molecular weight excluding hydrogens is 270 g/mol. The first-order chi connectivity index (χ1) is 10.5. The van der Waals surface area contributed by atoms with Crippen molar-refractivity contribution in [1.82, 2.24) is 0 Å². The summed E-state index contributed by atoms with van der Waals surface area (Å²) in [5.74, 6) is 0.976. The number of rotatable bonds is 2. The van der Waals surface area contributed by atoms with Crippen LogP contribution in [0.4, 0.5) is 11.4 Å². The predicted octanol–water partition coefficient (Wildman–Crippen LogP) is 3.95. The molecule has 3 heteroatoms. The molecule has 1 heterocycles. The van der Waals surface area contributed by atoms with E-state index in [2.05, 4.69) is 56.0 Å². The van der Waals surface area contributed by atoms with Gasteiger partial charge in [-0.1, -0.05) is 51.1 Å². The second-order valence-corrected chi connectivity index (χ2v) is 6.87. The fourth-order valence-corrected chi connectivity index (χ4v) is 2.74. The summed E-state index contributed by atoms with van der Waals surface area (Å²) in [6.07, 6.45) is 0. The van der Waals surface area contributed by atoms with Crippen molar-refractivity contribution in [3.8, 4) is 0 Å². The summed E-state index contributed by atoms with van der Waals surface area (Å²) >= 11 is 0. The van der Waals surface area contributed by atoms with Gasteiger partial charge in [-0.05, 0) is 29.7 Å². The van der Waals surface area contributed by atoms with E-state index in [1.54, 1.807) is 0 Å². The second kappa shape index (κ2) is 5.48. The summed E-state index contributed by atoms with van der Waals surface area (Å²) in [5, 5.41) is 0. The van der Waals surface area contributed by atoms with Crippen molar-refractivity contribution >= 4 is 17.2 Å². The van der Waals surface area contributed by atoms with Crippen LogP contribution in [0.5, 0.6) is 0 Å². The van der Waals surface area contributed by atoms with Gasteiger partial charge < -0.3 is 10.6 Å². The molecule has 22 heavy (non-hydrogen) atoms. The minimum atomic E-state index is 0.123.